The summed E-state index contributed by atoms with van der Waals surface area (Å²) in [6.07, 6.45) is 5.87. The van der Waals surface area contributed by atoms with E-state index in [0.29, 0.717) is 5.92 Å². The molecular weight excluding hydrogens is 204 g/mol. The van der Waals surface area contributed by atoms with Gasteiger partial charge in [-0.3, -0.25) is 0 Å². The lowest BCUT2D eigenvalue weighted by atomic mass is 9.99. The van der Waals surface area contributed by atoms with Crippen LogP contribution in [0.1, 0.15) is 67.1 Å². The van der Waals surface area contributed by atoms with E-state index in [4.69, 9.17) is 10.7 Å². The summed E-state index contributed by atoms with van der Waals surface area (Å²) in [4.78, 5) is 6.15. The summed E-state index contributed by atoms with van der Waals surface area (Å²) in [6.45, 7) is 4.49. The molecule has 0 saturated carbocycles. The molecule has 1 aromatic heterocycles. The van der Waals surface area contributed by atoms with E-state index in [9.17, 15) is 0 Å². The zero-order chi connectivity index (χ0) is 10.8. The van der Waals surface area contributed by atoms with Crippen LogP contribution in [0.5, 0.6) is 0 Å². The van der Waals surface area contributed by atoms with Crippen LogP contribution in [-0.2, 0) is 6.42 Å². The van der Waals surface area contributed by atoms with Gasteiger partial charge < -0.3 is 5.73 Å². The summed E-state index contributed by atoms with van der Waals surface area (Å²) in [7, 11) is 0. The molecule has 0 radical (unpaired) electrons. The second-order valence-corrected chi connectivity index (χ2v) is 5.44. The summed E-state index contributed by atoms with van der Waals surface area (Å²) in [5.41, 5.74) is 7.41. The van der Waals surface area contributed by atoms with Crippen LogP contribution in [0, 0.1) is 0 Å². The topological polar surface area (TPSA) is 38.9 Å². The molecule has 0 fully saturated rings. The zero-order valence-corrected chi connectivity index (χ0v) is 10.4. The number of fused-ring (bicyclic) bond motifs is 1. The zero-order valence-electron chi connectivity index (χ0n) is 9.62. The third kappa shape index (κ3) is 2.08. The van der Waals surface area contributed by atoms with Crippen LogP contribution in [0.25, 0.3) is 0 Å². The lowest BCUT2D eigenvalue weighted by molar-refractivity contribution is 0.570. The van der Waals surface area contributed by atoms with E-state index >= 15 is 0 Å². The average molecular weight is 224 g/mol. The molecule has 1 atom stereocenters. The van der Waals surface area contributed by atoms with Crippen molar-refractivity contribution in [3.05, 3.63) is 15.6 Å². The number of aryl methyl sites for hydroxylation is 1. The first-order valence-corrected chi connectivity index (χ1v) is 6.83. The van der Waals surface area contributed by atoms with E-state index in [2.05, 4.69) is 13.8 Å². The lowest BCUT2D eigenvalue weighted by Gasteiger charge is -2.15. The molecule has 1 heterocycles. The molecule has 1 aliphatic carbocycles. The van der Waals surface area contributed by atoms with Crippen molar-refractivity contribution in [2.24, 2.45) is 5.73 Å². The molecule has 2 N–H and O–H groups in total. The van der Waals surface area contributed by atoms with Crippen LogP contribution in [-0.4, -0.2) is 4.98 Å². The van der Waals surface area contributed by atoms with Crippen LogP contribution < -0.4 is 5.73 Å². The van der Waals surface area contributed by atoms with Crippen molar-refractivity contribution in [2.75, 3.05) is 0 Å². The Bertz CT molecular complexity index is 328. The first-order chi connectivity index (χ1) is 7.26. The molecule has 3 heteroatoms. The van der Waals surface area contributed by atoms with E-state index in [0.717, 1.165) is 12.8 Å². The Hall–Kier alpha value is -0.410. The van der Waals surface area contributed by atoms with Crippen molar-refractivity contribution in [1.82, 2.24) is 4.98 Å². The second kappa shape index (κ2) is 4.62. The monoisotopic (exact) mass is 224 g/mol. The Balaban J connectivity index is 2.28. The van der Waals surface area contributed by atoms with Gasteiger partial charge in [-0.25, -0.2) is 4.98 Å². The third-order valence-electron chi connectivity index (χ3n) is 3.34. The predicted octanol–water partition coefficient (Wildman–Crippen LogP) is 3.38. The van der Waals surface area contributed by atoms with Crippen molar-refractivity contribution in [3.63, 3.8) is 0 Å². The van der Waals surface area contributed by atoms with Crippen LogP contribution >= 0.6 is 11.3 Å². The van der Waals surface area contributed by atoms with Gasteiger partial charge >= 0.3 is 0 Å². The molecule has 1 aliphatic rings. The van der Waals surface area contributed by atoms with Gasteiger partial charge in [-0.2, -0.15) is 0 Å². The number of rotatable bonds is 3. The largest absolute Gasteiger partial charge is 0.323 e. The van der Waals surface area contributed by atoms with Gasteiger partial charge in [0, 0.05) is 16.8 Å². The lowest BCUT2D eigenvalue weighted by Crippen LogP contribution is -2.15. The van der Waals surface area contributed by atoms with Gasteiger partial charge in [0.05, 0.1) is 10.7 Å². The minimum Gasteiger partial charge on any atom is -0.323 e. The molecule has 0 spiro atoms. The minimum atomic E-state index is 0.259. The standard InChI is InChI=1S/C12H20N2S/c1-3-8(4-2)12-14-10-7-5-6-9(13)11(10)15-12/h8-9H,3-7,13H2,1-2H3. The molecule has 0 aromatic carbocycles. The molecule has 15 heavy (non-hydrogen) atoms. The fourth-order valence-electron chi connectivity index (χ4n) is 2.28. The molecule has 84 valence electrons. The normalized spacial score (nSPS) is 20.7. The van der Waals surface area contributed by atoms with Crippen molar-refractivity contribution in [2.45, 2.75) is 57.9 Å². The Kier molecular flexibility index (Phi) is 3.42. The Morgan fingerprint density at radius 1 is 1.47 bits per heavy atom. The summed E-state index contributed by atoms with van der Waals surface area (Å²) in [5.74, 6) is 0.646. The van der Waals surface area contributed by atoms with Crippen LogP contribution in [0.15, 0.2) is 0 Å². The number of nitrogens with zero attached hydrogens (tertiary/aromatic N) is 1. The molecule has 2 rings (SSSR count). The third-order valence-corrected chi connectivity index (χ3v) is 4.74. The van der Waals surface area contributed by atoms with Crippen LogP contribution in [0.2, 0.25) is 0 Å². The van der Waals surface area contributed by atoms with Gasteiger partial charge in [-0.15, -0.1) is 11.3 Å². The molecule has 2 nitrogen and oxygen atoms in total. The van der Waals surface area contributed by atoms with Crippen LogP contribution in [0.4, 0.5) is 0 Å². The van der Waals surface area contributed by atoms with E-state index < -0.39 is 0 Å². The first-order valence-electron chi connectivity index (χ1n) is 6.01. The molecule has 0 aliphatic heterocycles. The minimum absolute atomic E-state index is 0.259. The van der Waals surface area contributed by atoms with Crippen molar-refractivity contribution < 1.29 is 0 Å². The van der Waals surface area contributed by atoms with Gasteiger partial charge in [0.25, 0.3) is 0 Å². The van der Waals surface area contributed by atoms with E-state index in [1.165, 1.54) is 34.8 Å². The number of aromatic nitrogens is 1. The summed E-state index contributed by atoms with van der Waals surface area (Å²) in [6, 6.07) is 0.259. The fraction of sp³-hybridized carbons (Fsp3) is 0.750. The molecular formula is C12H20N2S. The highest BCUT2D eigenvalue weighted by Crippen LogP contribution is 2.36. The molecule has 0 saturated heterocycles. The Morgan fingerprint density at radius 3 is 2.80 bits per heavy atom. The number of thiazole rings is 1. The van der Waals surface area contributed by atoms with E-state index in [-0.39, 0.29) is 6.04 Å². The highest BCUT2D eigenvalue weighted by molar-refractivity contribution is 7.12. The summed E-state index contributed by atoms with van der Waals surface area (Å²) in [5, 5.41) is 1.32. The van der Waals surface area contributed by atoms with E-state index in [1.807, 2.05) is 11.3 Å². The SMILES string of the molecule is CCC(CC)c1nc2c(s1)C(N)CCC2. The second-order valence-electron chi connectivity index (χ2n) is 4.38. The van der Waals surface area contributed by atoms with Crippen LogP contribution in [0.3, 0.4) is 0 Å². The van der Waals surface area contributed by atoms with Gasteiger partial charge in [0.15, 0.2) is 0 Å². The smallest absolute Gasteiger partial charge is 0.0962 e. The van der Waals surface area contributed by atoms with Gasteiger partial charge in [0.2, 0.25) is 0 Å². The quantitative estimate of drug-likeness (QED) is 0.854. The average Bonchev–Trinajstić information content (AvgIpc) is 2.65. The van der Waals surface area contributed by atoms with Crippen molar-refractivity contribution in [1.29, 1.82) is 0 Å². The number of nitrogens with two attached hydrogens (primary N) is 1. The molecule has 1 unspecified atom stereocenters. The predicted molar refractivity (Wildman–Crippen MR) is 65.3 cm³/mol. The number of hydrogen-bond donors (Lipinski definition) is 1. The fourth-order valence-corrected chi connectivity index (χ4v) is 3.70. The highest BCUT2D eigenvalue weighted by Gasteiger charge is 2.23. The van der Waals surface area contributed by atoms with Gasteiger partial charge in [-0.05, 0) is 32.1 Å². The molecule has 0 bridgehead atoms. The van der Waals surface area contributed by atoms with Crippen molar-refractivity contribution in [3.8, 4) is 0 Å². The van der Waals surface area contributed by atoms with E-state index in [1.54, 1.807) is 0 Å². The maximum Gasteiger partial charge on any atom is 0.0962 e. The Labute approximate surface area is 95.9 Å². The van der Waals surface area contributed by atoms with Crippen molar-refractivity contribution >= 4 is 11.3 Å². The molecule has 1 aromatic rings. The highest BCUT2D eigenvalue weighted by atomic mass is 32.1. The van der Waals surface area contributed by atoms with Gasteiger partial charge in [0.1, 0.15) is 0 Å². The Morgan fingerprint density at radius 2 is 2.20 bits per heavy atom. The summed E-state index contributed by atoms with van der Waals surface area (Å²) < 4.78 is 0. The maximum atomic E-state index is 6.11. The van der Waals surface area contributed by atoms with Gasteiger partial charge in [-0.1, -0.05) is 13.8 Å². The molecule has 0 amide bonds. The maximum absolute atomic E-state index is 6.11. The first kappa shape index (κ1) is 11.1. The number of hydrogen-bond acceptors (Lipinski definition) is 3. The summed E-state index contributed by atoms with van der Waals surface area (Å²) >= 11 is 1.86.